The molecule has 2 heterocycles. The molecule has 2 aliphatic carbocycles. The van der Waals surface area contributed by atoms with Crippen molar-refractivity contribution < 1.29 is 27.8 Å². The number of rotatable bonds is 8. The number of ether oxygens (including phenoxy) is 2. The molecule has 1 aromatic heterocycles. The molecule has 3 amide bonds. The molecular formula is C28H34F2N6O4. The van der Waals surface area contributed by atoms with Crippen molar-refractivity contribution in [1.29, 1.82) is 0 Å². The Morgan fingerprint density at radius 2 is 1.80 bits per heavy atom. The maximum atomic E-state index is 15.2. The van der Waals surface area contributed by atoms with Crippen LogP contribution in [0.4, 0.5) is 31.0 Å². The zero-order valence-electron chi connectivity index (χ0n) is 22.9. The Balaban J connectivity index is 1.41. The normalized spacial score (nSPS) is 22.7. The van der Waals surface area contributed by atoms with E-state index in [4.69, 9.17) is 9.47 Å². The standard InChI is InChI=1S/C28H34F2N6O4/c1-5-22(37)32-18-10-9-16(15-7-6-8-15)11-19(18)33-27-31-13-17-14-36(28(38)35(2)26(17)34-27)25-23(29)20(39-3)12-21(40-4)24(25)30/h5,12-13,15-16,18-19H,1,6-11,14H2,2-4H3,(H,32,37)(H,31,33,34)/t16?,18-,19+/m0/s1. The van der Waals surface area contributed by atoms with E-state index < -0.39 is 23.4 Å². The molecule has 5 rings (SSSR count). The van der Waals surface area contributed by atoms with E-state index in [1.54, 1.807) is 0 Å². The predicted octanol–water partition coefficient (Wildman–Crippen LogP) is 4.40. The summed E-state index contributed by atoms with van der Waals surface area (Å²) in [5, 5.41) is 6.42. The van der Waals surface area contributed by atoms with Gasteiger partial charge in [-0.3, -0.25) is 14.6 Å². The van der Waals surface area contributed by atoms with Crippen molar-refractivity contribution in [2.24, 2.45) is 11.8 Å². The minimum atomic E-state index is -1.02. The Labute approximate surface area is 231 Å². The summed E-state index contributed by atoms with van der Waals surface area (Å²) in [5.41, 5.74) is -0.0771. The lowest BCUT2D eigenvalue weighted by atomic mass is 9.68. The fraction of sp³-hybridized carbons (Fsp3) is 0.500. The van der Waals surface area contributed by atoms with E-state index in [9.17, 15) is 9.59 Å². The number of halogens is 2. The highest BCUT2D eigenvalue weighted by molar-refractivity contribution is 6.05. The lowest BCUT2D eigenvalue weighted by Gasteiger charge is -2.43. The number of fused-ring (bicyclic) bond motifs is 1. The summed E-state index contributed by atoms with van der Waals surface area (Å²) in [5.74, 6) is -0.876. The smallest absolute Gasteiger partial charge is 0.330 e. The molecule has 214 valence electrons. The summed E-state index contributed by atoms with van der Waals surface area (Å²) in [6, 6.07) is 0.191. The quantitative estimate of drug-likeness (QED) is 0.464. The molecule has 0 saturated heterocycles. The second-order valence-corrected chi connectivity index (χ2v) is 10.6. The largest absolute Gasteiger partial charge is 0.493 e. The lowest BCUT2D eigenvalue weighted by molar-refractivity contribution is -0.117. The third-order valence-corrected chi connectivity index (χ3v) is 8.36. The van der Waals surface area contributed by atoms with Crippen LogP contribution in [-0.2, 0) is 11.3 Å². The molecule has 0 spiro atoms. The molecule has 0 radical (unpaired) electrons. The third kappa shape index (κ3) is 5.02. The number of anilines is 3. The summed E-state index contributed by atoms with van der Waals surface area (Å²) < 4.78 is 40.4. The Hall–Kier alpha value is -3.96. The summed E-state index contributed by atoms with van der Waals surface area (Å²) in [7, 11) is 3.97. The number of benzene rings is 1. The van der Waals surface area contributed by atoms with Crippen molar-refractivity contribution >= 4 is 29.4 Å². The average Bonchev–Trinajstić information content (AvgIpc) is 2.92. The summed E-state index contributed by atoms with van der Waals surface area (Å²) in [6.07, 6.45) is 9.28. The van der Waals surface area contributed by atoms with Gasteiger partial charge in [0.2, 0.25) is 11.9 Å². The van der Waals surface area contributed by atoms with Gasteiger partial charge in [-0.15, -0.1) is 0 Å². The summed E-state index contributed by atoms with van der Waals surface area (Å²) in [6.45, 7) is 3.40. The molecule has 0 bridgehead atoms. The van der Waals surface area contributed by atoms with Gasteiger partial charge in [0, 0.05) is 37.0 Å². The first-order valence-electron chi connectivity index (χ1n) is 13.5. The fourth-order valence-corrected chi connectivity index (χ4v) is 5.95. The van der Waals surface area contributed by atoms with Crippen LogP contribution < -0.4 is 29.9 Å². The van der Waals surface area contributed by atoms with Gasteiger partial charge < -0.3 is 20.1 Å². The maximum absolute atomic E-state index is 15.2. The number of nitrogens with one attached hydrogen (secondary N) is 2. The van der Waals surface area contributed by atoms with Crippen molar-refractivity contribution in [3.05, 3.63) is 42.1 Å². The van der Waals surface area contributed by atoms with Crippen LogP contribution in [0.15, 0.2) is 24.9 Å². The highest BCUT2D eigenvalue weighted by atomic mass is 19.1. The molecule has 1 aliphatic heterocycles. The van der Waals surface area contributed by atoms with E-state index in [1.807, 2.05) is 0 Å². The molecule has 2 aromatic rings. The number of amides is 3. The number of nitrogens with zero attached hydrogens (tertiary/aromatic N) is 4. The second-order valence-electron chi connectivity index (χ2n) is 10.6. The van der Waals surface area contributed by atoms with Crippen molar-refractivity contribution in [2.75, 3.05) is 36.4 Å². The first kappa shape index (κ1) is 27.6. The Morgan fingerprint density at radius 3 is 2.40 bits per heavy atom. The minimum Gasteiger partial charge on any atom is -0.493 e. The predicted molar refractivity (Wildman–Crippen MR) is 146 cm³/mol. The van der Waals surface area contributed by atoms with Crippen molar-refractivity contribution in [3.63, 3.8) is 0 Å². The first-order valence-corrected chi connectivity index (χ1v) is 13.5. The van der Waals surface area contributed by atoms with E-state index in [0.717, 1.165) is 30.2 Å². The number of methoxy groups -OCH3 is 2. The van der Waals surface area contributed by atoms with Crippen molar-refractivity contribution in [3.8, 4) is 11.5 Å². The van der Waals surface area contributed by atoms with Crippen LogP contribution in [0.5, 0.6) is 11.5 Å². The van der Waals surface area contributed by atoms with Crippen LogP contribution in [0, 0.1) is 23.5 Å². The highest BCUT2D eigenvalue weighted by Crippen LogP contribution is 2.42. The maximum Gasteiger partial charge on any atom is 0.330 e. The van der Waals surface area contributed by atoms with Gasteiger partial charge >= 0.3 is 6.03 Å². The van der Waals surface area contributed by atoms with E-state index in [2.05, 4.69) is 27.2 Å². The molecule has 40 heavy (non-hydrogen) atoms. The van der Waals surface area contributed by atoms with E-state index in [1.165, 1.54) is 57.7 Å². The van der Waals surface area contributed by atoms with Gasteiger partial charge in [-0.25, -0.2) is 18.6 Å². The SMILES string of the molecule is C=CC(=O)N[C@H]1CCC(C2CCC2)C[C@H]1Nc1ncc2c(n1)N(C)C(=O)N(c1c(F)c(OC)cc(OC)c1F)C2. The van der Waals surface area contributed by atoms with Crippen molar-refractivity contribution in [1.82, 2.24) is 15.3 Å². The average molecular weight is 557 g/mol. The molecule has 2 N–H and O–H groups in total. The molecule has 1 unspecified atom stereocenters. The van der Waals surface area contributed by atoms with E-state index in [-0.39, 0.29) is 36.0 Å². The van der Waals surface area contributed by atoms with Gasteiger partial charge in [-0.1, -0.05) is 25.8 Å². The molecule has 3 aliphatic rings. The van der Waals surface area contributed by atoms with E-state index in [0.29, 0.717) is 29.2 Å². The molecular weight excluding hydrogens is 522 g/mol. The number of hydrogen-bond acceptors (Lipinski definition) is 7. The van der Waals surface area contributed by atoms with Crippen LogP contribution >= 0.6 is 0 Å². The van der Waals surface area contributed by atoms with Gasteiger partial charge in [0.25, 0.3) is 0 Å². The van der Waals surface area contributed by atoms with Crippen LogP contribution in [0.3, 0.4) is 0 Å². The van der Waals surface area contributed by atoms with Gasteiger partial charge in [0.05, 0.1) is 20.8 Å². The third-order valence-electron chi connectivity index (χ3n) is 8.36. The van der Waals surface area contributed by atoms with E-state index >= 15 is 8.78 Å². The van der Waals surface area contributed by atoms with Gasteiger partial charge in [0.15, 0.2) is 23.1 Å². The van der Waals surface area contributed by atoms with Gasteiger partial charge in [0.1, 0.15) is 11.5 Å². The molecule has 12 heteroatoms. The second kappa shape index (κ2) is 11.3. The zero-order chi connectivity index (χ0) is 28.6. The number of carbonyl (C=O) groups excluding carboxylic acids is 2. The Morgan fingerprint density at radius 1 is 1.10 bits per heavy atom. The molecule has 1 aromatic carbocycles. The first-order chi connectivity index (χ1) is 19.2. The van der Waals surface area contributed by atoms with Crippen LogP contribution in [0.25, 0.3) is 0 Å². The molecule has 3 atom stereocenters. The number of hydrogen-bond donors (Lipinski definition) is 2. The minimum absolute atomic E-state index is 0.102. The summed E-state index contributed by atoms with van der Waals surface area (Å²) >= 11 is 0. The Bertz CT molecular complexity index is 1290. The number of carbonyl (C=O) groups is 2. The van der Waals surface area contributed by atoms with Gasteiger partial charge in [-0.05, 0) is 37.2 Å². The monoisotopic (exact) mass is 556 g/mol. The lowest BCUT2D eigenvalue weighted by Crippen LogP contribution is -2.51. The highest BCUT2D eigenvalue weighted by Gasteiger charge is 2.39. The van der Waals surface area contributed by atoms with Crippen LogP contribution in [0.1, 0.15) is 44.1 Å². The number of aromatic nitrogens is 2. The number of urea groups is 1. The molecule has 2 saturated carbocycles. The summed E-state index contributed by atoms with van der Waals surface area (Å²) in [4.78, 5) is 36.7. The van der Waals surface area contributed by atoms with Crippen LogP contribution in [-0.4, -0.2) is 55.3 Å². The van der Waals surface area contributed by atoms with Crippen molar-refractivity contribution in [2.45, 2.75) is 57.2 Å². The topological polar surface area (TPSA) is 109 Å². The van der Waals surface area contributed by atoms with Gasteiger partial charge in [-0.2, -0.15) is 4.98 Å². The fourth-order valence-electron chi connectivity index (χ4n) is 5.95. The molecule has 10 nitrogen and oxygen atoms in total. The molecule has 2 fully saturated rings. The zero-order valence-corrected chi connectivity index (χ0v) is 22.9. The van der Waals surface area contributed by atoms with Crippen LogP contribution in [0.2, 0.25) is 0 Å². The Kier molecular flexibility index (Phi) is 7.77.